The Bertz CT molecular complexity index is 526. The van der Waals surface area contributed by atoms with Gasteiger partial charge in [0.05, 0.1) is 6.42 Å². The zero-order chi connectivity index (χ0) is 13.5. The van der Waals surface area contributed by atoms with Crippen LogP contribution in [0.15, 0.2) is 53.7 Å². The monoisotopic (exact) mass is 272 g/mol. The van der Waals surface area contributed by atoms with Crippen molar-refractivity contribution < 1.29 is 4.79 Å². The van der Waals surface area contributed by atoms with E-state index in [0.29, 0.717) is 13.0 Å². The molecule has 0 fully saturated rings. The maximum Gasteiger partial charge on any atom is 0.224 e. The number of benzene rings is 1. The van der Waals surface area contributed by atoms with E-state index in [1.165, 1.54) is 0 Å². The summed E-state index contributed by atoms with van der Waals surface area (Å²) in [4.78, 5) is 16.7. The van der Waals surface area contributed by atoms with E-state index in [1.54, 1.807) is 6.20 Å². The minimum Gasteiger partial charge on any atom is -0.355 e. The van der Waals surface area contributed by atoms with Crippen LogP contribution in [0.25, 0.3) is 0 Å². The van der Waals surface area contributed by atoms with Crippen molar-refractivity contribution in [2.24, 2.45) is 0 Å². The first-order valence-corrected chi connectivity index (χ1v) is 6.62. The largest absolute Gasteiger partial charge is 0.355 e. The molecule has 0 spiro atoms. The molecule has 1 aromatic carbocycles. The lowest BCUT2D eigenvalue weighted by atomic mass is 10.1. The van der Waals surface area contributed by atoms with Crippen molar-refractivity contribution in [3.63, 3.8) is 0 Å². The highest BCUT2D eigenvalue weighted by atomic mass is 32.1. The summed E-state index contributed by atoms with van der Waals surface area (Å²) in [6.45, 7) is 0.634. The molecule has 0 aliphatic heterocycles. The third-order valence-corrected chi connectivity index (χ3v) is 3.06. The van der Waals surface area contributed by atoms with Gasteiger partial charge in [0.2, 0.25) is 5.91 Å². The molecule has 0 aliphatic carbocycles. The number of aromatic nitrogens is 1. The van der Waals surface area contributed by atoms with Gasteiger partial charge in [-0.25, -0.2) is 0 Å². The molecule has 0 bridgehead atoms. The van der Waals surface area contributed by atoms with Gasteiger partial charge in [0.15, 0.2) is 0 Å². The van der Waals surface area contributed by atoms with Crippen LogP contribution in [0.3, 0.4) is 0 Å². The smallest absolute Gasteiger partial charge is 0.224 e. The van der Waals surface area contributed by atoms with E-state index < -0.39 is 0 Å². The van der Waals surface area contributed by atoms with Crippen molar-refractivity contribution in [1.82, 2.24) is 10.3 Å². The van der Waals surface area contributed by atoms with Crippen molar-refractivity contribution in [2.45, 2.75) is 17.7 Å². The normalized spacial score (nSPS) is 10.2. The average molecular weight is 272 g/mol. The maximum atomic E-state index is 11.7. The summed E-state index contributed by atoms with van der Waals surface area (Å²) in [6.07, 6.45) is 4.76. The fourth-order valence-corrected chi connectivity index (χ4v) is 1.90. The SMILES string of the molecule is O=C(Cc1ccc(S)cc1)NCCc1cccnc1. The molecule has 19 heavy (non-hydrogen) atoms. The molecule has 0 radical (unpaired) electrons. The second-order valence-electron chi connectivity index (χ2n) is 4.30. The van der Waals surface area contributed by atoms with Gasteiger partial charge < -0.3 is 5.32 Å². The minimum atomic E-state index is 0.0378. The van der Waals surface area contributed by atoms with Gasteiger partial charge in [0.25, 0.3) is 0 Å². The molecule has 0 unspecified atom stereocenters. The number of hydrogen-bond donors (Lipinski definition) is 2. The molecule has 98 valence electrons. The second kappa shape index (κ2) is 6.95. The van der Waals surface area contributed by atoms with Crippen LogP contribution in [0.4, 0.5) is 0 Å². The Balaban J connectivity index is 1.74. The molecule has 1 N–H and O–H groups in total. The standard InChI is InChI=1S/C15H16N2OS/c18-15(10-12-3-5-14(19)6-4-12)17-9-7-13-2-1-8-16-11-13/h1-6,8,11,19H,7,9-10H2,(H,17,18). The van der Waals surface area contributed by atoms with Crippen LogP contribution in [0.5, 0.6) is 0 Å². The molecule has 1 aromatic heterocycles. The molecule has 1 heterocycles. The predicted octanol–water partition coefficient (Wildman–Crippen LogP) is 2.27. The number of carbonyl (C=O) groups is 1. The quantitative estimate of drug-likeness (QED) is 0.820. The van der Waals surface area contributed by atoms with Crippen molar-refractivity contribution in [2.75, 3.05) is 6.54 Å². The number of carbonyl (C=O) groups excluding carboxylic acids is 1. The Morgan fingerprint density at radius 2 is 1.95 bits per heavy atom. The fourth-order valence-electron chi connectivity index (χ4n) is 1.75. The van der Waals surface area contributed by atoms with Crippen LogP contribution in [0, 0.1) is 0 Å². The molecular formula is C15H16N2OS. The first kappa shape index (κ1) is 13.6. The molecular weight excluding hydrogens is 256 g/mol. The highest BCUT2D eigenvalue weighted by Gasteiger charge is 2.02. The topological polar surface area (TPSA) is 42.0 Å². The van der Waals surface area contributed by atoms with Gasteiger partial charge in [-0.2, -0.15) is 0 Å². The zero-order valence-corrected chi connectivity index (χ0v) is 11.4. The molecule has 4 heteroatoms. The van der Waals surface area contributed by atoms with E-state index in [2.05, 4.69) is 22.9 Å². The highest BCUT2D eigenvalue weighted by Crippen LogP contribution is 2.08. The van der Waals surface area contributed by atoms with E-state index in [0.717, 1.165) is 22.4 Å². The molecule has 1 amide bonds. The lowest BCUT2D eigenvalue weighted by Gasteiger charge is -2.05. The summed E-state index contributed by atoms with van der Waals surface area (Å²) in [6, 6.07) is 11.5. The number of hydrogen-bond acceptors (Lipinski definition) is 3. The summed E-state index contributed by atoms with van der Waals surface area (Å²) in [5.74, 6) is 0.0378. The predicted molar refractivity (Wildman–Crippen MR) is 78.3 cm³/mol. The van der Waals surface area contributed by atoms with Crippen LogP contribution >= 0.6 is 12.6 Å². The van der Waals surface area contributed by atoms with E-state index in [9.17, 15) is 4.79 Å². The van der Waals surface area contributed by atoms with Crippen LogP contribution in [-0.2, 0) is 17.6 Å². The lowest BCUT2D eigenvalue weighted by molar-refractivity contribution is -0.120. The number of thiol groups is 1. The highest BCUT2D eigenvalue weighted by molar-refractivity contribution is 7.80. The summed E-state index contributed by atoms with van der Waals surface area (Å²) in [7, 11) is 0. The van der Waals surface area contributed by atoms with Gasteiger partial charge in [-0.1, -0.05) is 18.2 Å². The first-order valence-electron chi connectivity index (χ1n) is 6.17. The van der Waals surface area contributed by atoms with Crippen molar-refractivity contribution in [1.29, 1.82) is 0 Å². The van der Waals surface area contributed by atoms with E-state index in [-0.39, 0.29) is 5.91 Å². The van der Waals surface area contributed by atoms with Gasteiger partial charge >= 0.3 is 0 Å². The third kappa shape index (κ3) is 4.75. The number of amides is 1. The Labute approximate surface area is 118 Å². The number of rotatable bonds is 5. The number of nitrogens with zero attached hydrogens (tertiary/aromatic N) is 1. The summed E-state index contributed by atoms with van der Waals surface area (Å²) in [5.41, 5.74) is 2.12. The van der Waals surface area contributed by atoms with Gasteiger partial charge in [0, 0.05) is 23.8 Å². The molecule has 0 aliphatic rings. The minimum absolute atomic E-state index is 0.0378. The number of nitrogens with one attached hydrogen (secondary N) is 1. The van der Waals surface area contributed by atoms with Crippen LogP contribution in [-0.4, -0.2) is 17.4 Å². The Morgan fingerprint density at radius 1 is 1.16 bits per heavy atom. The molecule has 0 saturated carbocycles. The van der Waals surface area contributed by atoms with E-state index >= 15 is 0 Å². The maximum absolute atomic E-state index is 11.7. The summed E-state index contributed by atoms with van der Waals surface area (Å²) in [5, 5.41) is 2.91. The molecule has 2 aromatic rings. The Morgan fingerprint density at radius 3 is 2.63 bits per heavy atom. The van der Waals surface area contributed by atoms with Crippen LogP contribution in [0.2, 0.25) is 0 Å². The third-order valence-electron chi connectivity index (χ3n) is 2.76. The molecule has 3 nitrogen and oxygen atoms in total. The van der Waals surface area contributed by atoms with Crippen LogP contribution < -0.4 is 5.32 Å². The Hall–Kier alpha value is -1.81. The molecule has 0 atom stereocenters. The van der Waals surface area contributed by atoms with Gasteiger partial charge in [0.1, 0.15) is 0 Å². The zero-order valence-electron chi connectivity index (χ0n) is 10.5. The lowest BCUT2D eigenvalue weighted by Crippen LogP contribution is -2.27. The molecule has 2 rings (SSSR count). The number of pyridine rings is 1. The average Bonchev–Trinajstić information content (AvgIpc) is 2.43. The summed E-state index contributed by atoms with van der Waals surface area (Å²) < 4.78 is 0. The van der Waals surface area contributed by atoms with Crippen LogP contribution in [0.1, 0.15) is 11.1 Å². The van der Waals surface area contributed by atoms with E-state index in [4.69, 9.17) is 0 Å². The van der Waals surface area contributed by atoms with E-state index in [1.807, 2.05) is 42.6 Å². The first-order chi connectivity index (χ1) is 9.24. The summed E-state index contributed by atoms with van der Waals surface area (Å²) >= 11 is 4.21. The van der Waals surface area contributed by atoms with Gasteiger partial charge in [-0.3, -0.25) is 9.78 Å². The van der Waals surface area contributed by atoms with Crippen molar-refractivity contribution >= 4 is 18.5 Å². The van der Waals surface area contributed by atoms with Crippen molar-refractivity contribution in [3.05, 3.63) is 59.9 Å². The Kier molecular flexibility index (Phi) is 4.98. The van der Waals surface area contributed by atoms with Crippen molar-refractivity contribution in [3.8, 4) is 0 Å². The van der Waals surface area contributed by atoms with Gasteiger partial charge in [-0.15, -0.1) is 12.6 Å². The second-order valence-corrected chi connectivity index (χ2v) is 4.82. The fraction of sp³-hybridized carbons (Fsp3) is 0.200. The molecule has 0 saturated heterocycles. The van der Waals surface area contributed by atoms with Gasteiger partial charge in [-0.05, 0) is 35.7 Å².